The van der Waals surface area contributed by atoms with Crippen molar-refractivity contribution >= 4 is 23.1 Å². The highest BCUT2D eigenvalue weighted by molar-refractivity contribution is 5.95. The average molecular weight is 553 g/mol. The van der Waals surface area contributed by atoms with E-state index in [4.69, 9.17) is 9.97 Å². The summed E-state index contributed by atoms with van der Waals surface area (Å²) in [5.41, 5.74) is 4.24. The van der Waals surface area contributed by atoms with Gasteiger partial charge >= 0.3 is 0 Å². The number of carbonyl (C=O) groups excluding carboxylic acids is 1. The second-order valence-corrected chi connectivity index (χ2v) is 9.94. The number of rotatable bonds is 7. The van der Waals surface area contributed by atoms with E-state index in [1.165, 1.54) is 18.2 Å². The Morgan fingerprint density at radius 3 is 2.17 bits per heavy atom. The fourth-order valence-corrected chi connectivity index (χ4v) is 4.95. The predicted octanol–water partition coefficient (Wildman–Crippen LogP) is 5.13. The summed E-state index contributed by atoms with van der Waals surface area (Å²) >= 11 is 0. The SMILES string of the molecule is Cc1ccc(C(=O)N2CCN(c3nc(-c4ccccc4)nc(C)c3Cc3ccc([N+](=O)[O-])cc3)CC2)cc1[N+](=O)[O-]. The summed E-state index contributed by atoms with van der Waals surface area (Å²) < 4.78 is 0. The summed E-state index contributed by atoms with van der Waals surface area (Å²) in [4.78, 5) is 48.4. The van der Waals surface area contributed by atoms with Crippen LogP contribution in [0.5, 0.6) is 0 Å². The molecule has 0 spiro atoms. The maximum Gasteiger partial charge on any atom is 0.273 e. The number of piperazine rings is 1. The Bertz CT molecular complexity index is 1620. The molecule has 1 saturated heterocycles. The van der Waals surface area contributed by atoms with Gasteiger partial charge < -0.3 is 9.80 Å². The first kappa shape index (κ1) is 27.4. The van der Waals surface area contributed by atoms with Gasteiger partial charge in [0.25, 0.3) is 17.3 Å². The molecule has 208 valence electrons. The molecule has 4 aromatic rings. The van der Waals surface area contributed by atoms with Crippen LogP contribution in [-0.2, 0) is 6.42 Å². The lowest BCUT2D eigenvalue weighted by Crippen LogP contribution is -2.49. The second-order valence-electron chi connectivity index (χ2n) is 9.94. The van der Waals surface area contributed by atoms with E-state index in [1.807, 2.05) is 37.3 Å². The monoisotopic (exact) mass is 552 g/mol. The van der Waals surface area contributed by atoms with Gasteiger partial charge in [0, 0.05) is 78.7 Å². The molecule has 41 heavy (non-hydrogen) atoms. The number of nitro groups is 2. The quantitative estimate of drug-likeness (QED) is 0.227. The summed E-state index contributed by atoms with van der Waals surface area (Å²) in [6.45, 7) is 5.44. The van der Waals surface area contributed by atoms with Gasteiger partial charge in [-0.2, -0.15) is 0 Å². The van der Waals surface area contributed by atoms with Gasteiger partial charge in [-0.1, -0.05) is 48.5 Å². The van der Waals surface area contributed by atoms with Crippen LogP contribution in [0.25, 0.3) is 11.4 Å². The minimum absolute atomic E-state index is 0.0288. The lowest BCUT2D eigenvalue weighted by atomic mass is 10.0. The Morgan fingerprint density at radius 1 is 0.854 bits per heavy atom. The number of hydrogen-bond donors (Lipinski definition) is 0. The fourth-order valence-electron chi connectivity index (χ4n) is 4.95. The Morgan fingerprint density at radius 2 is 1.54 bits per heavy atom. The van der Waals surface area contributed by atoms with Crippen LogP contribution >= 0.6 is 0 Å². The maximum absolute atomic E-state index is 13.2. The number of anilines is 1. The molecule has 0 aliphatic carbocycles. The third-order valence-electron chi connectivity index (χ3n) is 7.27. The van der Waals surface area contributed by atoms with E-state index in [1.54, 1.807) is 36.1 Å². The van der Waals surface area contributed by atoms with Crippen molar-refractivity contribution < 1.29 is 14.6 Å². The van der Waals surface area contributed by atoms with E-state index >= 15 is 0 Å². The van der Waals surface area contributed by atoms with Crippen molar-refractivity contribution in [2.75, 3.05) is 31.1 Å². The fraction of sp³-hybridized carbons (Fsp3) is 0.233. The third kappa shape index (κ3) is 5.88. The highest BCUT2D eigenvalue weighted by Crippen LogP contribution is 2.29. The molecule has 1 fully saturated rings. The molecule has 0 N–H and O–H groups in total. The Labute approximate surface area is 236 Å². The average Bonchev–Trinajstić information content (AvgIpc) is 2.98. The van der Waals surface area contributed by atoms with E-state index in [0.717, 1.165) is 28.2 Å². The van der Waals surface area contributed by atoms with Gasteiger partial charge in [-0.25, -0.2) is 9.97 Å². The Balaban J connectivity index is 1.42. The van der Waals surface area contributed by atoms with E-state index in [2.05, 4.69) is 4.90 Å². The number of non-ortho nitro benzene ring substituents is 1. The first-order chi connectivity index (χ1) is 19.7. The number of amides is 1. The van der Waals surface area contributed by atoms with Crippen LogP contribution in [0, 0.1) is 34.1 Å². The van der Waals surface area contributed by atoms with Crippen LogP contribution in [0.1, 0.15) is 32.7 Å². The molecule has 5 rings (SSSR count). The molecule has 1 aliphatic heterocycles. The Hall–Kier alpha value is -5.19. The van der Waals surface area contributed by atoms with E-state index in [0.29, 0.717) is 49.6 Å². The zero-order valence-corrected chi connectivity index (χ0v) is 22.7. The van der Waals surface area contributed by atoms with Crippen LogP contribution in [0.2, 0.25) is 0 Å². The molecule has 0 saturated carbocycles. The number of nitrogens with zero attached hydrogens (tertiary/aromatic N) is 6. The summed E-state index contributed by atoms with van der Waals surface area (Å²) in [5, 5.41) is 22.5. The first-order valence-corrected chi connectivity index (χ1v) is 13.2. The van der Waals surface area contributed by atoms with Crippen LogP contribution in [0.4, 0.5) is 17.2 Å². The van der Waals surface area contributed by atoms with Gasteiger partial charge in [0.05, 0.1) is 9.85 Å². The number of carbonyl (C=O) groups is 1. The molecule has 1 aromatic heterocycles. The maximum atomic E-state index is 13.2. The number of nitro benzene ring substituents is 2. The molecule has 0 unspecified atom stereocenters. The van der Waals surface area contributed by atoms with Crippen molar-refractivity contribution in [3.05, 3.63) is 121 Å². The van der Waals surface area contributed by atoms with Crippen molar-refractivity contribution in [3.63, 3.8) is 0 Å². The molecule has 0 bridgehead atoms. The molecular formula is C30H28N6O5. The largest absolute Gasteiger partial charge is 0.353 e. The van der Waals surface area contributed by atoms with E-state index < -0.39 is 9.85 Å². The molecule has 3 aromatic carbocycles. The molecule has 11 nitrogen and oxygen atoms in total. The lowest BCUT2D eigenvalue weighted by molar-refractivity contribution is -0.385. The third-order valence-corrected chi connectivity index (χ3v) is 7.27. The Kier molecular flexibility index (Phi) is 7.68. The van der Waals surface area contributed by atoms with Gasteiger partial charge in [-0.15, -0.1) is 0 Å². The summed E-state index contributed by atoms with van der Waals surface area (Å²) in [6.07, 6.45) is 0.487. The highest BCUT2D eigenvalue weighted by Gasteiger charge is 2.27. The lowest BCUT2D eigenvalue weighted by Gasteiger charge is -2.36. The highest BCUT2D eigenvalue weighted by atomic mass is 16.6. The van der Waals surface area contributed by atoms with Gasteiger partial charge in [-0.3, -0.25) is 25.0 Å². The molecule has 1 amide bonds. The van der Waals surface area contributed by atoms with Crippen molar-refractivity contribution in [2.45, 2.75) is 20.3 Å². The summed E-state index contributed by atoms with van der Waals surface area (Å²) in [6, 6.07) is 20.7. The van der Waals surface area contributed by atoms with Crippen molar-refractivity contribution in [2.24, 2.45) is 0 Å². The zero-order chi connectivity index (χ0) is 29.1. The molecule has 2 heterocycles. The first-order valence-electron chi connectivity index (χ1n) is 13.2. The predicted molar refractivity (Wildman–Crippen MR) is 154 cm³/mol. The summed E-state index contributed by atoms with van der Waals surface area (Å²) in [5.74, 6) is 1.10. The normalized spacial score (nSPS) is 13.2. The molecule has 11 heteroatoms. The zero-order valence-electron chi connectivity index (χ0n) is 22.7. The number of benzene rings is 3. The topological polar surface area (TPSA) is 136 Å². The van der Waals surface area contributed by atoms with Gasteiger partial charge in [0.1, 0.15) is 5.82 Å². The second kappa shape index (κ2) is 11.5. The van der Waals surface area contributed by atoms with Crippen molar-refractivity contribution in [1.82, 2.24) is 14.9 Å². The van der Waals surface area contributed by atoms with Crippen LogP contribution < -0.4 is 4.90 Å². The van der Waals surface area contributed by atoms with Gasteiger partial charge in [0.2, 0.25) is 0 Å². The smallest absolute Gasteiger partial charge is 0.273 e. The van der Waals surface area contributed by atoms with Gasteiger partial charge in [-0.05, 0) is 25.5 Å². The van der Waals surface area contributed by atoms with Crippen LogP contribution in [-0.4, -0.2) is 56.8 Å². The molecule has 0 radical (unpaired) electrons. The standard InChI is InChI=1S/C30H28N6O5/c1-20-8-11-24(19-27(20)36(40)41)30(37)34-16-14-33(15-17-34)29-26(18-22-9-12-25(13-10-22)35(38)39)21(2)31-28(32-29)23-6-4-3-5-7-23/h3-13,19H,14-18H2,1-2H3. The summed E-state index contributed by atoms with van der Waals surface area (Å²) in [7, 11) is 0. The minimum Gasteiger partial charge on any atom is -0.353 e. The van der Waals surface area contributed by atoms with Crippen molar-refractivity contribution in [1.29, 1.82) is 0 Å². The molecule has 0 atom stereocenters. The number of aromatic nitrogens is 2. The van der Waals surface area contributed by atoms with E-state index in [-0.39, 0.29) is 17.3 Å². The van der Waals surface area contributed by atoms with Crippen LogP contribution in [0.15, 0.2) is 72.8 Å². The molecule has 1 aliphatic rings. The number of aryl methyl sites for hydroxylation is 2. The van der Waals surface area contributed by atoms with Crippen LogP contribution in [0.3, 0.4) is 0 Å². The minimum atomic E-state index is -0.474. The number of hydrogen-bond acceptors (Lipinski definition) is 8. The van der Waals surface area contributed by atoms with Crippen molar-refractivity contribution in [3.8, 4) is 11.4 Å². The molecular weight excluding hydrogens is 524 g/mol. The van der Waals surface area contributed by atoms with E-state index in [9.17, 15) is 25.0 Å². The van der Waals surface area contributed by atoms with Gasteiger partial charge in [0.15, 0.2) is 5.82 Å².